The Morgan fingerprint density at radius 3 is 2.83 bits per heavy atom. The molecular weight excluding hydrogens is 322 g/mol. The second-order valence-electron chi connectivity index (χ2n) is 6.00. The molecule has 0 bridgehead atoms. The highest BCUT2D eigenvalue weighted by atomic mass is 32.2. The number of fused-ring (bicyclic) bond motifs is 2. The molecule has 2 fully saturated rings. The molecule has 4 rings (SSSR count). The van der Waals surface area contributed by atoms with Crippen molar-refractivity contribution in [2.24, 2.45) is 0 Å². The van der Waals surface area contributed by atoms with E-state index < -0.39 is 16.1 Å². The van der Waals surface area contributed by atoms with Crippen molar-refractivity contribution in [2.75, 3.05) is 13.2 Å². The Kier molecular flexibility index (Phi) is 3.34. The zero-order valence-corrected chi connectivity index (χ0v) is 13.0. The number of H-pyrrole nitrogens is 2. The van der Waals surface area contributed by atoms with E-state index in [1.807, 2.05) is 0 Å². The summed E-state index contributed by atoms with van der Waals surface area (Å²) >= 11 is 0. The molecule has 0 amide bonds. The van der Waals surface area contributed by atoms with E-state index in [-0.39, 0.29) is 29.3 Å². The fourth-order valence-electron chi connectivity index (χ4n) is 3.50. The quantitative estimate of drug-likeness (QED) is 0.699. The minimum atomic E-state index is -3.72. The van der Waals surface area contributed by atoms with Crippen LogP contribution in [-0.2, 0) is 14.8 Å². The van der Waals surface area contributed by atoms with Gasteiger partial charge in [0.2, 0.25) is 10.0 Å². The smallest absolute Gasteiger partial charge is 0.323 e. The molecule has 3 atom stereocenters. The molecule has 3 N–H and O–H groups in total. The van der Waals surface area contributed by atoms with Crippen molar-refractivity contribution in [1.29, 1.82) is 0 Å². The predicted octanol–water partition coefficient (Wildman–Crippen LogP) is -0.231. The number of nitrogens with zero attached hydrogens (tertiary/aromatic N) is 1. The number of benzene rings is 1. The second-order valence-corrected chi connectivity index (χ2v) is 7.89. The molecule has 2 heterocycles. The number of aromatic amines is 2. The number of hydrogen-bond acceptors (Lipinski definition) is 5. The van der Waals surface area contributed by atoms with Gasteiger partial charge in [-0.25, -0.2) is 13.2 Å². The van der Waals surface area contributed by atoms with Crippen LogP contribution in [0.3, 0.4) is 0 Å². The number of aliphatic hydroxyl groups is 1. The second kappa shape index (κ2) is 5.17. The van der Waals surface area contributed by atoms with Crippen molar-refractivity contribution in [3.63, 3.8) is 0 Å². The van der Waals surface area contributed by atoms with Gasteiger partial charge < -0.3 is 19.8 Å². The third kappa shape index (κ3) is 2.40. The van der Waals surface area contributed by atoms with Crippen LogP contribution < -0.4 is 5.69 Å². The average molecular weight is 339 g/mol. The van der Waals surface area contributed by atoms with Gasteiger partial charge in [0.1, 0.15) is 0 Å². The molecule has 1 saturated heterocycles. The number of rotatable bonds is 2. The molecule has 1 aliphatic carbocycles. The maximum absolute atomic E-state index is 13.0. The summed E-state index contributed by atoms with van der Waals surface area (Å²) in [4.78, 5) is 16.6. The first kappa shape index (κ1) is 14.9. The largest absolute Gasteiger partial charge is 0.393 e. The number of nitrogens with one attached hydrogen (secondary N) is 2. The van der Waals surface area contributed by atoms with Crippen molar-refractivity contribution in [1.82, 2.24) is 14.3 Å². The Labute approximate surface area is 132 Å². The molecule has 124 valence electrons. The molecule has 2 aromatic rings. The first-order chi connectivity index (χ1) is 10.9. The molecule has 1 aromatic heterocycles. The molecule has 23 heavy (non-hydrogen) atoms. The number of sulfonamides is 1. The molecule has 1 aliphatic heterocycles. The summed E-state index contributed by atoms with van der Waals surface area (Å²) in [5.41, 5.74) is 0.636. The zero-order chi connectivity index (χ0) is 16.2. The van der Waals surface area contributed by atoms with E-state index >= 15 is 0 Å². The van der Waals surface area contributed by atoms with Gasteiger partial charge in [0, 0.05) is 13.0 Å². The Bertz CT molecular complexity index is 903. The molecule has 8 nitrogen and oxygen atoms in total. The van der Waals surface area contributed by atoms with Crippen LogP contribution in [0, 0.1) is 0 Å². The number of aromatic nitrogens is 2. The van der Waals surface area contributed by atoms with Gasteiger partial charge in [0.15, 0.2) is 0 Å². The van der Waals surface area contributed by atoms with Gasteiger partial charge in [0.05, 0.1) is 40.8 Å². The van der Waals surface area contributed by atoms with Crippen molar-refractivity contribution < 1.29 is 18.3 Å². The first-order valence-electron chi connectivity index (χ1n) is 7.49. The van der Waals surface area contributed by atoms with Crippen LogP contribution in [0.1, 0.15) is 12.8 Å². The SMILES string of the molecule is O=c1[nH]c2ccc(S(=O)(=O)N3CCO[C@H]4C[C@@H](O)C[C@H]43)cc2[nH]1. The average Bonchev–Trinajstić information content (AvgIpc) is 3.05. The van der Waals surface area contributed by atoms with Crippen LogP contribution in [0.25, 0.3) is 11.0 Å². The molecule has 0 radical (unpaired) electrons. The summed E-state index contributed by atoms with van der Waals surface area (Å²) in [6, 6.07) is 4.17. The van der Waals surface area contributed by atoms with Crippen LogP contribution in [-0.4, -0.2) is 59.2 Å². The summed E-state index contributed by atoms with van der Waals surface area (Å²) in [6.07, 6.45) is 0.0437. The zero-order valence-electron chi connectivity index (χ0n) is 12.2. The van der Waals surface area contributed by atoms with Crippen molar-refractivity contribution in [2.45, 2.75) is 36.0 Å². The van der Waals surface area contributed by atoms with Crippen molar-refractivity contribution in [3.8, 4) is 0 Å². The number of aliphatic hydroxyl groups excluding tert-OH is 1. The third-order valence-corrected chi connectivity index (χ3v) is 6.48. The van der Waals surface area contributed by atoms with E-state index in [2.05, 4.69) is 9.97 Å². The van der Waals surface area contributed by atoms with Gasteiger partial charge in [-0.05, 0) is 24.6 Å². The van der Waals surface area contributed by atoms with E-state index in [1.54, 1.807) is 6.07 Å². The van der Waals surface area contributed by atoms with Crippen LogP contribution in [0.4, 0.5) is 0 Å². The molecule has 0 unspecified atom stereocenters. The topological polar surface area (TPSA) is 115 Å². The Balaban J connectivity index is 1.74. The van der Waals surface area contributed by atoms with E-state index in [9.17, 15) is 18.3 Å². The van der Waals surface area contributed by atoms with Gasteiger partial charge in [-0.15, -0.1) is 0 Å². The highest BCUT2D eigenvalue weighted by Gasteiger charge is 2.45. The van der Waals surface area contributed by atoms with Gasteiger partial charge in [-0.3, -0.25) is 0 Å². The minimum Gasteiger partial charge on any atom is -0.393 e. The monoisotopic (exact) mass is 339 g/mol. The maximum atomic E-state index is 13.0. The molecule has 1 saturated carbocycles. The molecule has 2 aliphatic rings. The van der Waals surface area contributed by atoms with Gasteiger partial charge in [0.25, 0.3) is 0 Å². The highest BCUT2D eigenvalue weighted by molar-refractivity contribution is 7.89. The van der Waals surface area contributed by atoms with Gasteiger partial charge in [-0.2, -0.15) is 4.31 Å². The fraction of sp³-hybridized carbons (Fsp3) is 0.500. The Morgan fingerprint density at radius 2 is 2.00 bits per heavy atom. The maximum Gasteiger partial charge on any atom is 0.323 e. The molecule has 0 spiro atoms. The Hall–Kier alpha value is -1.68. The van der Waals surface area contributed by atoms with Crippen LogP contribution >= 0.6 is 0 Å². The lowest BCUT2D eigenvalue weighted by Crippen LogP contribution is -2.51. The number of hydrogen-bond donors (Lipinski definition) is 3. The summed E-state index contributed by atoms with van der Waals surface area (Å²) < 4.78 is 33.0. The van der Waals surface area contributed by atoms with E-state index in [4.69, 9.17) is 4.74 Å². The lowest BCUT2D eigenvalue weighted by Gasteiger charge is -2.36. The lowest BCUT2D eigenvalue weighted by atomic mass is 10.2. The minimum absolute atomic E-state index is 0.127. The third-order valence-electron chi connectivity index (χ3n) is 4.55. The van der Waals surface area contributed by atoms with Gasteiger partial charge >= 0.3 is 5.69 Å². The highest BCUT2D eigenvalue weighted by Crippen LogP contribution is 2.34. The van der Waals surface area contributed by atoms with Gasteiger partial charge in [-0.1, -0.05) is 0 Å². The summed E-state index contributed by atoms with van der Waals surface area (Å²) in [6.45, 7) is 0.578. The summed E-state index contributed by atoms with van der Waals surface area (Å²) in [7, 11) is -3.72. The van der Waals surface area contributed by atoms with E-state index in [0.29, 0.717) is 30.5 Å². The molecule has 9 heteroatoms. The Morgan fingerprint density at radius 1 is 1.22 bits per heavy atom. The summed E-state index contributed by atoms with van der Waals surface area (Å²) in [5.74, 6) is 0. The molecular formula is C14H17N3O5S. The summed E-state index contributed by atoms with van der Waals surface area (Å²) in [5, 5.41) is 9.81. The van der Waals surface area contributed by atoms with Crippen molar-refractivity contribution in [3.05, 3.63) is 28.7 Å². The number of ether oxygens (including phenoxy) is 1. The fourth-order valence-corrected chi connectivity index (χ4v) is 5.17. The number of imidazole rings is 1. The van der Waals surface area contributed by atoms with Crippen molar-refractivity contribution >= 4 is 21.1 Å². The predicted molar refractivity (Wildman–Crippen MR) is 81.6 cm³/mol. The standard InChI is InChI=1S/C14H17N3O5S/c18-8-5-12-13(6-8)22-4-3-17(12)23(20,21)9-1-2-10-11(7-9)16-14(19)15-10/h1-2,7-8,12-13,18H,3-6H2,(H2,15,16,19)/t8-,12+,13-/m0/s1. The van der Waals surface area contributed by atoms with Crippen LogP contribution in [0.15, 0.2) is 27.9 Å². The van der Waals surface area contributed by atoms with Crippen LogP contribution in [0.5, 0.6) is 0 Å². The first-order valence-corrected chi connectivity index (χ1v) is 8.93. The molecule has 1 aromatic carbocycles. The van der Waals surface area contributed by atoms with Crippen LogP contribution in [0.2, 0.25) is 0 Å². The van der Waals surface area contributed by atoms with E-state index in [1.165, 1.54) is 16.4 Å². The normalized spacial score (nSPS) is 29.0. The lowest BCUT2D eigenvalue weighted by molar-refractivity contribution is -0.0255. The van der Waals surface area contributed by atoms with E-state index in [0.717, 1.165) is 0 Å². The number of morpholine rings is 1.